The fourth-order valence-electron chi connectivity index (χ4n) is 4.72. The third-order valence-corrected chi connectivity index (χ3v) is 8.63. The zero-order chi connectivity index (χ0) is 29.9. The molecule has 1 aliphatic heterocycles. The van der Waals surface area contributed by atoms with E-state index in [1.807, 2.05) is 0 Å². The van der Waals surface area contributed by atoms with Crippen molar-refractivity contribution in [2.45, 2.75) is 30.7 Å². The zero-order valence-electron chi connectivity index (χ0n) is 22.2. The van der Waals surface area contributed by atoms with Crippen LogP contribution in [0.3, 0.4) is 0 Å². The highest BCUT2D eigenvalue weighted by Gasteiger charge is 2.33. The van der Waals surface area contributed by atoms with Crippen molar-refractivity contribution < 1.29 is 35.2 Å². The lowest BCUT2D eigenvalue weighted by Crippen LogP contribution is -2.44. The van der Waals surface area contributed by atoms with E-state index < -0.39 is 40.0 Å². The first-order chi connectivity index (χ1) is 20.0. The lowest BCUT2D eigenvalue weighted by atomic mass is 9.98. The van der Waals surface area contributed by atoms with Crippen LogP contribution in [-0.4, -0.2) is 54.8 Å². The number of hydrogen-bond donors (Lipinski definition) is 2. The van der Waals surface area contributed by atoms with E-state index in [9.17, 15) is 30.8 Å². The zero-order valence-corrected chi connectivity index (χ0v) is 23.0. The number of nitrogens with one attached hydrogen (secondary N) is 2. The summed E-state index contributed by atoms with van der Waals surface area (Å²) in [7, 11) is -4.25. The van der Waals surface area contributed by atoms with Gasteiger partial charge in [0.05, 0.1) is 30.0 Å². The van der Waals surface area contributed by atoms with Crippen molar-refractivity contribution in [1.82, 2.24) is 24.9 Å². The van der Waals surface area contributed by atoms with Crippen molar-refractivity contribution in [3.63, 3.8) is 0 Å². The van der Waals surface area contributed by atoms with Crippen LogP contribution in [0.15, 0.2) is 70.4 Å². The molecule has 0 radical (unpaired) electrons. The van der Waals surface area contributed by atoms with E-state index in [1.54, 1.807) is 12.1 Å². The van der Waals surface area contributed by atoms with Crippen molar-refractivity contribution in [2.24, 2.45) is 5.92 Å². The molecule has 4 heterocycles. The number of rotatable bonds is 9. The highest BCUT2D eigenvalue weighted by Crippen LogP contribution is 2.30. The second-order valence-electron chi connectivity index (χ2n) is 9.98. The molecular weight excluding hydrogens is 578 g/mol. The number of amides is 1. The predicted octanol–water partition coefficient (Wildman–Crippen LogP) is 4.35. The molecule has 14 heteroatoms. The number of pyridine rings is 2. The molecule has 42 heavy (non-hydrogen) atoms. The SMILES string of the molecule is O=C(CN(CC1CCNCC1)S(=O)(=O)c1cc2cc(F)ccc2o1)NCc1cc(-c2ccc(C(F)(F)F)cn2)ccn1. The summed E-state index contributed by atoms with van der Waals surface area (Å²) in [6.45, 7) is 1.00. The summed E-state index contributed by atoms with van der Waals surface area (Å²) in [4.78, 5) is 21.1. The number of hydrogen-bond acceptors (Lipinski definition) is 7. The van der Waals surface area contributed by atoms with Gasteiger partial charge in [0.2, 0.25) is 11.0 Å². The van der Waals surface area contributed by atoms with Crippen LogP contribution in [0.2, 0.25) is 0 Å². The molecule has 2 N–H and O–H groups in total. The first kappa shape index (κ1) is 29.6. The summed E-state index contributed by atoms with van der Waals surface area (Å²) in [6.07, 6.45) is -0.861. The van der Waals surface area contributed by atoms with Crippen molar-refractivity contribution in [2.75, 3.05) is 26.2 Å². The second-order valence-corrected chi connectivity index (χ2v) is 11.8. The molecule has 0 bridgehead atoms. The standard InChI is InChI=1S/C28H27F4N5O4S/c29-22-2-4-25-20(11-22)13-27(41-25)42(39,40)37(16-18-5-8-33-9-6-18)17-26(38)36-15-23-12-19(7-10-34-23)24-3-1-21(14-35-24)28(30,31)32/h1-4,7,10-14,18,33H,5-6,8-9,15-17H2,(H,36,38). The number of nitrogens with zero attached hydrogens (tertiary/aromatic N) is 3. The Morgan fingerprint density at radius 2 is 1.86 bits per heavy atom. The fraction of sp³-hybridized carbons (Fsp3) is 0.321. The van der Waals surface area contributed by atoms with E-state index in [0.29, 0.717) is 17.0 Å². The molecule has 4 aromatic rings. The molecule has 1 saturated heterocycles. The summed E-state index contributed by atoms with van der Waals surface area (Å²) in [5, 5.41) is 5.79. The minimum Gasteiger partial charge on any atom is -0.443 e. The van der Waals surface area contributed by atoms with Crippen molar-refractivity contribution >= 4 is 26.9 Å². The maximum Gasteiger partial charge on any atom is 0.417 e. The molecule has 1 aliphatic rings. The monoisotopic (exact) mass is 605 g/mol. The Balaban J connectivity index is 1.30. The Labute approximate surface area is 239 Å². The average molecular weight is 606 g/mol. The van der Waals surface area contributed by atoms with Crippen LogP contribution in [0.4, 0.5) is 17.6 Å². The quantitative estimate of drug-likeness (QED) is 0.273. The van der Waals surface area contributed by atoms with Crippen LogP contribution in [0.5, 0.6) is 0 Å². The fourth-order valence-corrected chi connectivity index (χ4v) is 6.14. The average Bonchev–Trinajstić information content (AvgIpc) is 3.40. The summed E-state index contributed by atoms with van der Waals surface area (Å²) in [5.41, 5.74) is 0.526. The van der Waals surface area contributed by atoms with Gasteiger partial charge in [0.15, 0.2) is 0 Å². The first-order valence-corrected chi connectivity index (χ1v) is 14.6. The molecular formula is C28H27F4N5O4S. The van der Waals surface area contributed by atoms with Crippen LogP contribution < -0.4 is 10.6 Å². The van der Waals surface area contributed by atoms with Crippen molar-refractivity contribution in [1.29, 1.82) is 0 Å². The van der Waals surface area contributed by atoms with Gasteiger partial charge in [-0.05, 0) is 74.3 Å². The van der Waals surface area contributed by atoms with Gasteiger partial charge in [0.1, 0.15) is 11.4 Å². The molecule has 222 valence electrons. The van der Waals surface area contributed by atoms with Gasteiger partial charge in [-0.25, -0.2) is 12.8 Å². The molecule has 3 aromatic heterocycles. The van der Waals surface area contributed by atoms with E-state index in [0.717, 1.165) is 42.5 Å². The predicted molar refractivity (Wildman–Crippen MR) is 145 cm³/mol. The van der Waals surface area contributed by atoms with Gasteiger partial charge in [0.25, 0.3) is 10.0 Å². The Hall–Kier alpha value is -3.88. The lowest BCUT2D eigenvalue weighted by molar-refractivity contribution is -0.137. The summed E-state index contributed by atoms with van der Waals surface area (Å²) in [5.74, 6) is -1.11. The van der Waals surface area contributed by atoms with Gasteiger partial charge < -0.3 is 15.1 Å². The Bertz CT molecular complexity index is 1670. The van der Waals surface area contributed by atoms with Crippen LogP contribution in [0.25, 0.3) is 22.2 Å². The van der Waals surface area contributed by atoms with Gasteiger partial charge in [-0.2, -0.15) is 17.5 Å². The molecule has 1 fully saturated rings. The number of piperidine rings is 1. The largest absolute Gasteiger partial charge is 0.443 e. The van der Waals surface area contributed by atoms with E-state index in [2.05, 4.69) is 20.6 Å². The third kappa shape index (κ3) is 6.94. The Morgan fingerprint density at radius 3 is 2.57 bits per heavy atom. The highest BCUT2D eigenvalue weighted by atomic mass is 32.2. The minimum absolute atomic E-state index is 0.0187. The summed E-state index contributed by atoms with van der Waals surface area (Å²) < 4.78 is 86.1. The van der Waals surface area contributed by atoms with Crippen molar-refractivity contribution in [3.05, 3.63) is 78.0 Å². The molecule has 1 amide bonds. The number of benzene rings is 1. The maximum absolute atomic E-state index is 13.7. The van der Waals surface area contributed by atoms with Gasteiger partial charge >= 0.3 is 6.18 Å². The van der Waals surface area contributed by atoms with E-state index in [-0.39, 0.29) is 35.1 Å². The molecule has 0 atom stereocenters. The number of aromatic nitrogens is 2. The van der Waals surface area contributed by atoms with Gasteiger partial charge in [-0.3, -0.25) is 14.8 Å². The van der Waals surface area contributed by atoms with Crippen LogP contribution >= 0.6 is 0 Å². The number of carbonyl (C=O) groups is 1. The highest BCUT2D eigenvalue weighted by molar-refractivity contribution is 7.89. The van der Waals surface area contributed by atoms with Gasteiger partial charge in [-0.15, -0.1) is 0 Å². The summed E-state index contributed by atoms with van der Waals surface area (Å²) in [6, 6.07) is 10.2. The number of sulfonamides is 1. The molecule has 9 nitrogen and oxygen atoms in total. The number of furan rings is 1. The van der Waals surface area contributed by atoms with E-state index >= 15 is 0 Å². The maximum atomic E-state index is 13.7. The van der Waals surface area contributed by atoms with E-state index in [4.69, 9.17) is 4.42 Å². The lowest BCUT2D eigenvalue weighted by Gasteiger charge is -2.28. The molecule has 0 aliphatic carbocycles. The smallest absolute Gasteiger partial charge is 0.417 e. The van der Waals surface area contributed by atoms with Crippen LogP contribution in [0.1, 0.15) is 24.1 Å². The number of carbonyl (C=O) groups excluding carboxylic acids is 1. The van der Waals surface area contributed by atoms with Crippen LogP contribution in [-0.2, 0) is 27.5 Å². The molecule has 1 aromatic carbocycles. The minimum atomic E-state index is -4.50. The first-order valence-electron chi connectivity index (χ1n) is 13.1. The van der Waals surface area contributed by atoms with Crippen molar-refractivity contribution in [3.8, 4) is 11.3 Å². The Morgan fingerprint density at radius 1 is 1.07 bits per heavy atom. The van der Waals surface area contributed by atoms with Crippen LogP contribution in [0, 0.1) is 11.7 Å². The topological polar surface area (TPSA) is 117 Å². The number of halogens is 4. The number of alkyl halides is 3. The van der Waals surface area contributed by atoms with Gasteiger partial charge in [0, 0.05) is 36.0 Å². The van der Waals surface area contributed by atoms with Gasteiger partial charge in [-0.1, -0.05) is 0 Å². The normalized spacial score (nSPS) is 14.9. The molecule has 5 rings (SSSR count). The molecule has 0 unspecified atom stereocenters. The number of fused-ring (bicyclic) bond motifs is 1. The second kappa shape index (κ2) is 12.2. The third-order valence-electron chi connectivity index (χ3n) is 6.96. The molecule has 0 spiro atoms. The van der Waals surface area contributed by atoms with E-state index in [1.165, 1.54) is 36.5 Å². The molecule has 0 saturated carbocycles. The Kier molecular flexibility index (Phi) is 8.57. The summed E-state index contributed by atoms with van der Waals surface area (Å²) >= 11 is 0.